The van der Waals surface area contributed by atoms with Gasteiger partial charge in [-0.05, 0) is 55.5 Å². The van der Waals surface area contributed by atoms with Gasteiger partial charge in [-0.2, -0.15) is 5.10 Å². The van der Waals surface area contributed by atoms with Crippen molar-refractivity contribution in [3.8, 4) is 11.4 Å². The Morgan fingerprint density at radius 3 is 2.83 bits per heavy atom. The third-order valence-electron chi connectivity index (χ3n) is 4.47. The molecule has 2 unspecified atom stereocenters. The highest BCUT2D eigenvalue weighted by Gasteiger charge is 2.21. The first kappa shape index (κ1) is 16.5. The first-order valence-corrected chi connectivity index (χ1v) is 8.32. The highest BCUT2D eigenvalue weighted by atomic mass is 16.5. The van der Waals surface area contributed by atoms with Gasteiger partial charge in [0.15, 0.2) is 5.69 Å². The lowest BCUT2D eigenvalue weighted by atomic mass is 9.87. The zero-order chi connectivity index (χ0) is 16.9. The average molecular weight is 329 g/mol. The van der Waals surface area contributed by atoms with E-state index in [4.69, 9.17) is 4.74 Å². The Balaban J connectivity index is 1.58. The molecule has 1 saturated carbocycles. The van der Waals surface area contributed by atoms with Crippen LogP contribution in [0.1, 0.15) is 36.2 Å². The highest BCUT2D eigenvalue weighted by Crippen LogP contribution is 2.23. The smallest absolute Gasteiger partial charge is 0.271 e. The first-order valence-electron chi connectivity index (χ1n) is 8.32. The predicted octanol–water partition coefficient (Wildman–Crippen LogP) is 2.16. The molecule has 0 saturated heterocycles. The first-order chi connectivity index (χ1) is 11.7. The summed E-state index contributed by atoms with van der Waals surface area (Å²) < 4.78 is 6.80. The van der Waals surface area contributed by atoms with Crippen LogP contribution in [0, 0.1) is 5.92 Å². The molecule has 24 heavy (non-hydrogen) atoms. The molecular weight excluding hydrogens is 306 g/mol. The Bertz CT molecular complexity index is 681. The fourth-order valence-electron chi connectivity index (χ4n) is 3.10. The number of hydrogen-bond acceptors (Lipinski definition) is 4. The molecule has 1 amide bonds. The molecule has 0 aliphatic heterocycles. The summed E-state index contributed by atoms with van der Waals surface area (Å²) in [6.45, 7) is 0.589. The fraction of sp³-hybridized carbons (Fsp3) is 0.444. The van der Waals surface area contributed by atoms with Crippen molar-refractivity contribution in [2.24, 2.45) is 5.92 Å². The zero-order valence-electron chi connectivity index (χ0n) is 13.8. The molecular formula is C18H23N3O3. The molecule has 2 atom stereocenters. The minimum atomic E-state index is -0.227. The van der Waals surface area contributed by atoms with E-state index >= 15 is 0 Å². The molecule has 3 rings (SSSR count). The van der Waals surface area contributed by atoms with Gasteiger partial charge in [0.2, 0.25) is 0 Å². The third kappa shape index (κ3) is 3.94. The molecule has 0 spiro atoms. The van der Waals surface area contributed by atoms with Crippen LogP contribution in [0.3, 0.4) is 0 Å². The molecule has 0 radical (unpaired) electrons. The number of aliphatic hydroxyl groups excluding tert-OH is 1. The maximum absolute atomic E-state index is 12.2. The van der Waals surface area contributed by atoms with Crippen molar-refractivity contribution < 1.29 is 14.6 Å². The van der Waals surface area contributed by atoms with Crippen molar-refractivity contribution in [2.45, 2.75) is 31.8 Å². The lowest BCUT2D eigenvalue weighted by Gasteiger charge is -2.25. The second-order valence-corrected chi connectivity index (χ2v) is 6.24. The summed E-state index contributed by atoms with van der Waals surface area (Å²) in [5, 5.41) is 16.9. The van der Waals surface area contributed by atoms with Crippen molar-refractivity contribution in [2.75, 3.05) is 13.7 Å². The van der Waals surface area contributed by atoms with Gasteiger partial charge in [-0.3, -0.25) is 4.79 Å². The molecule has 6 heteroatoms. The van der Waals surface area contributed by atoms with E-state index in [2.05, 4.69) is 10.4 Å². The molecule has 6 nitrogen and oxygen atoms in total. The van der Waals surface area contributed by atoms with Crippen molar-refractivity contribution in [1.29, 1.82) is 0 Å². The number of ether oxygens (including phenoxy) is 1. The summed E-state index contributed by atoms with van der Waals surface area (Å²) in [4.78, 5) is 12.2. The summed E-state index contributed by atoms with van der Waals surface area (Å²) in [5.74, 6) is 0.947. The largest absolute Gasteiger partial charge is 0.497 e. The van der Waals surface area contributed by atoms with Gasteiger partial charge in [0.1, 0.15) is 5.75 Å². The van der Waals surface area contributed by atoms with E-state index in [0.29, 0.717) is 18.2 Å². The maximum atomic E-state index is 12.2. The number of hydrogen-bond donors (Lipinski definition) is 2. The molecule has 128 valence electrons. The predicted molar refractivity (Wildman–Crippen MR) is 90.4 cm³/mol. The molecule has 2 N–H and O–H groups in total. The Morgan fingerprint density at radius 1 is 1.33 bits per heavy atom. The van der Waals surface area contributed by atoms with Crippen LogP contribution in [0.2, 0.25) is 0 Å². The van der Waals surface area contributed by atoms with Crippen LogP contribution in [0.25, 0.3) is 5.69 Å². The van der Waals surface area contributed by atoms with Crippen LogP contribution in [0.15, 0.2) is 36.5 Å². The maximum Gasteiger partial charge on any atom is 0.271 e. The summed E-state index contributed by atoms with van der Waals surface area (Å²) in [6, 6.07) is 9.18. The number of nitrogens with one attached hydrogen (secondary N) is 1. The van der Waals surface area contributed by atoms with Crippen LogP contribution in [-0.2, 0) is 0 Å². The Kier molecular flexibility index (Phi) is 5.15. The summed E-state index contributed by atoms with van der Waals surface area (Å²) in [6.07, 6.45) is 5.25. The molecule has 2 aromatic rings. The topological polar surface area (TPSA) is 76.4 Å². The molecule has 0 bridgehead atoms. The Hall–Kier alpha value is -2.34. The molecule has 1 aromatic carbocycles. The van der Waals surface area contributed by atoms with Gasteiger partial charge >= 0.3 is 0 Å². The number of carbonyl (C=O) groups excluding carboxylic acids is 1. The van der Waals surface area contributed by atoms with Crippen LogP contribution < -0.4 is 10.1 Å². The molecule has 1 aromatic heterocycles. The molecule has 1 heterocycles. The van der Waals surface area contributed by atoms with Crippen LogP contribution in [0.4, 0.5) is 0 Å². The second kappa shape index (κ2) is 7.49. The average Bonchev–Trinajstić information content (AvgIpc) is 3.10. The van der Waals surface area contributed by atoms with Crippen LogP contribution >= 0.6 is 0 Å². The van der Waals surface area contributed by atoms with Crippen molar-refractivity contribution >= 4 is 5.91 Å². The summed E-state index contributed by atoms with van der Waals surface area (Å²) in [7, 11) is 1.62. The number of amides is 1. The quantitative estimate of drug-likeness (QED) is 0.881. The summed E-state index contributed by atoms with van der Waals surface area (Å²) >= 11 is 0. The van der Waals surface area contributed by atoms with Crippen molar-refractivity contribution in [3.05, 3.63) is 42.2 Å². The number of aliphatic hydroxyl groups is 1. The fourth-order valence-corrected chi connectivity index (χ4v) is 3.10. The number of rotatable bonds is 5. The molecule has 1 aliphatic carbocycles. The van der Waals surface area contributed by atoms with Gasteiger partial charge in [-0.25, -0.2) is 4.68 Å². The van der Waals surface area contributed by atoms with E-state index in [1.807, 2.05) is 24.3 Å². The van der Waals surface area contributed by atoms with Gasteiger partial charge in [-0.15, -0.1) is 0 Å². The SMILES string of the molecule is COc1ccc(-n2ccc(C(=O)NCC3CCCC(O)C3)n2)cc1. The minimum Gasteiger partial charge on any atom is -0.497 e. The number of carbonyl (C=O) groups is 1. The minimum absolute atomic E-state index is 0.178. The van der Waals surface area contributed by atoms with Crippen molar-refractivity contribution in [1.82, 2.24) is 15.1 Å². The molecule has 1 fully saturated rings. The third-order valence-corrected chi connectivity index (χ3v) is 4.47. The van der Waals surface area contributed by atoms with E-state index in [1.165, 1.54) is 0 Å². The van der Waals surface area contributed by atoms with E-state index in [9.17, 15) is 9.90 Å². The van der Waals surface area contributed by atoms with Gasteiger partial charge in [0.25, 0.3) is 5.91 Å². The number of nitrogens with zero attached hydrogens (tertiary/aromatic N) is 2. The van der Waals surface area contributed by atoms with E-state index < -0.39 is 0 Å². The van der Waals surface area contributed by atoms with Crippen LogP contribution in [0.5, 0.6) is 5.75 Å². The molecule has 1 aliphatic rings. The van der Waals surface area contributed by atoms with E-state index in [1.54, 1.807) is 24.1 Å². The second-order valence-electron chi connectivity index (χ2n) is 6.24. The number of benzene rings is 1. The van der Waals surface area contributed by atoms with E-state index in [0.717, 1.165) is 37.1 Å². The summed E-state index contributed by atoms with van der Waals surface area (Å²) in [5.41, 5.74) is 1.26. The van der Waals surface area contributed by atoms with Gasteiger partial charge < -0.3 is 15.2 Å². The Labute approximate surface area is 141 Å². The van der Waals surface area contributed by atoms with Crippen molar-refractivity contribution in [3.63, 3.8) is 0 Å². The van der Waals surface area contributed by atoms with Gasteiger partial charge in [0, 0.05) is 12.7 Å². The normalized spacial score (nSPS) is 20.6. The van der Waals surface area contributed by atoms with Gasteiger partial charge in [-0.1, -0.05) is 6.42 Å². The van der Waals surface area contributed by atoms with Gasteiger partial charge in [0.05, 0.1) is 18.9 Å². The standard InChI is InChI=1S/C18H23N3O3/c1-24-16-7-5-14(6-8-16)21-10-9-17(20-21)18(23)19-12-13-3-2-4-15(22)11-13/h5-10,13,15,22H,2-4,11-12H2,1H3,(H,19,23). The number of methoxy groups -OCH3 is 1. The number of aromatic nitrogens is 2. The lowest BCUT2D eigenvalue weighted by Crippen LogP contribution is -2.33. The Morgan fingerprint density at radius 2 is 2.12 bits per heavy atom. The van der Waals surface area contributed by atoms with Crippen LogP contribution in [-0.4, -0.2) is 40.6 Å². The highest BCUT2D eigenvalue weighted by molar-refractivity contribution is 5.92. The zero-order valence-corrected chi connectivity index (χ0v) is 13.8. The monoisotopic (exact) mass is 329 g/mol. The van der Waals surface area contributed by atoms with E-state index in [-0.39, 0.29) is 12.0 Å². The lowest BCUT2D eigenvalue weighted by molar-refractivity contribution is 0.0870.